The number of hydrogen-bond acceptors (Lipinski definition) is 2. The highest BCUT2D eigenvalue weighted by Crippen LogP contribution is 2.09. The molecule has 12 heavy (non-hydrogen) atoms. The lowest BCUT2D eigenvalue weighted by atomic mass is 9.98. The maximum atomic E-state index is 4.00. The number of rotatable bonds is 0. The number of hydrogen-bond donors (Lipinski definition) is 0. The first-order valence-corrected chi connectivity index (χ1v) is 3.88. The lowest BCUT2D eigenvalue weighted by Gasteiger charge is -2.06. The molecular formula is C10H12N2. The summed E-state index contributed by atoms with van der Waals surface area (Å²) in [5, 5.41) is 0. The zero-order valence-electron chi connectivity index (χ0n) is 7.63. The molecule has 0 spiro atoms. The second-order valence-electron chi connectivity index (χ2n) is 3.57. The molecule has 0 atom stereocenters. The van der Waals surface area contributed by atoms with E-state index in [1.165, 1.54) is 0 Å². The van der Waals surface area contributed by atoms with Crippen LogP contribution in [0, 0.1) is 17.3 Å². The normalized spacial score (nSPS) is 10.2. The molecule has 0 saturated carbocycles. The summed E-state index contributed by atoms with van der Waals surface area (Å²) in [6.45, 7) is 6.18. The van der Waals surface area contributed by atoms with E-state index in [0.29, 0.717) is 5.82 Å². The summed E-state index contributed by atoms with van der Waals surface area (Å²) in [5.41, 5.74) is 0.0131. The van der Waals surface area contributed by atoms with E-state index in [-0.39, 0.29) is 5.41 Å². The van der Waals surface area contributed by atoms with E-state index < -0.39 is 0 Å². The van der Waals surface area contributed by atoms with Crippen LogP contribution >= 0.6 is 0 Å². The van der Waals surface area contributed by atoms with Gasteiger partial charge in [-0.1, -0.05) is 5.92 Å². The Balaban J connectivity index is 2.81. The van der Waals surface area contributed by atoms with Crippen LogP contribution in [0.15, 0.2) is 18.5 Å². The predicted molar refractivity (Wildman–Crippen MR) is 48.4 cm³/mol. The molecule has 1 heterocycles. The molecule has 0 saturated heterocycles. The van der Waals surface area contributed by atoms with Gasteiger partial charge in [0.05, 0.1) is 0 Å². The van der Waals surface area contributed by atoms with Crippen molar-refractivity contribution in [3.05, 3.63) is 24.3 Å². The lowest BCUT2D eigenvalue weighted by Crippen LogP contribution is -2.00. The molecule has 0 fully saturated rings. The van der Waals surface area contributed by atoms with Crippen LogP contribution in [0.3, 0.4) is 0 Å². The van der Waals surface area contributed by atoms with Gasteiger partial charge in [-0.05, 0) is 32.8 Å². The lowest BCUT2D eigenvalue weighted by molar-refractivity contribution is 0.570. The molecular weight excluding hydrogens is 148 g/mol. The van der Waals surface area contributed by atoms with Crippen LogP contribution in [-0.4, -0.2) is 9.97 Å². The quantitative estimate of drug-likeness (QED) is 0.541. The van der Waals surface area contributed by atoms with Crippen molar-refractivity contribution < 1.29 is 0 Å². The average molecular weight is 160 g/mol. The highest BCUT2D eigenvalue weighted by molar-refractivity contribution is 5.22. The van der Waals surface area contributed by atoms with Gasteiger partial charge in [0.1, 0.15) is 0 Å². The molecule has 1 aromatic rings. The Hall–Kier alpha value is -1.36. The van der Waals surface area contributed by atoms with Gasteiger partial charge in [0.15, 0.2) is 0 Å². The van der Waals surface area contributed by atoms with Gasteiger partial charge in [-0.15, -0.1) is 0 Å². The Morgan fingerprint density at radius 1 is 1.17 bits per heavy atom. The van der Waals surface area contributed by atoms with E-state index in [1.54, 1.807) is 18.5 Å². The zero-order valence-corrected chi connectivity index (χ0v) is 7.63. The van der Waals surface area contributed by atoms with Gasteiger partial charge in [-0.25, -0.2) is 9.97 Å². The second kappa shape index (κ2) is 3.36. The zero-order chi connectivity index (χ0) is 9.03. The van der Waals surface area contributed by atoms with Gasteiger partial charge in [0.25, 0.3) is 0 Å². The minimum Gasteiger partial charge on any atom is -0.229 e. The van der Waals surface area contributed by atoms with Crippen molar-refractivity contribution in [2.24, 2.45) is 5.41 Å². The fourth-order valence-electron chi connectivity index (χ4n) is 0.607. The van der Waals surface area contributed by atoms with Crippen LogP contribution in [0.25, 0.3) is 0 Å². The van der Waals surface area contributed by atoms with Crippen molar-refractivity contribution in [3.63, 3.8) is 0 Å². The van der Waals surface area contributed by atoms with Crippen LogP contribution in [0.5, 0.6) is 0 Å². The molecule has 62 valence electrons. The van der Waals surface area contributed by atoms with Crippen molar-refractivity contribution in [1.29, 1.82) is 0 Å². The third-order valence-corrected chi connectivity index (χ3v) is 1.12. The molecule has 0 bridgehead atoms. The Morgan fingerprint density at radius 3 is 2.25 bits per heavy atom. The maximum Gasteiger partial charge on any atom is 0.204 e. The van der Waals surface area contributed by atoms with Gasteiger partial charge in [0, 0.05) is 17.8 Å². The summed E-state index contributed by atoms with van der Waals surface area (Å²) < 4.78 is 0. The van der Waals surface area contributed by atoms with Crippen LogP contribution in [0.1, 0.15) is 26.6 Å². The molecule has 0 aromatic carbocycles. The first-order chi connectivity index (χ1) is 5.58. The topological polar surface area (TPSA) is 25.8 Å². The highest BCUT2D eigenvalue weighted by atomic mass is 14.8. The number of aromatic nitrogens is 2. The van der Waals surface area contributed by atoms with Gasteiger partial charge in [-0.3, -0.25) is 0 Å². The Labute approximate surface area is 73.1 Å². The highest BCUT2D eigenvalue weighted by Gasteiger charge is 2.03. The second-order valence-corrected chi connectivity index (χ2v) is 3.57. The van der Waals surface area contributed by atoms with E-state index in [2.05, 4.69) is 42.6 Å². The summed E-state index contributed by atoms with van der Waals surface area (Å²) in [6.07, 6.45) is 3.39. The minimum absolute atomic E-state index is 0.0131. The van der Waals surface area contributed by atoms with E-state index in [4.69, 9.17) is 0 Å². The summed E-state index contributed by atoms with van der Waals surface area (Å²) in [4.78, 5) is 7.99. The summed E-state index contributed by atoms with van der Waals surface area (Å²) in [5.74, 6) is 6.57. The fraction of sp³-hybridized carbons (Fsp3) is 0.400. The van der Waals surface area contributed by atoms with Crippen molar-refractivity contribution >= 4 is 0 Å². The molecule has 1 rings (SSSR count). The van der Waals surface area contributed by atoms with E-state index in [9.17, 15) is 0 Å². The monoisotopic (exact) mass is 160 g/mol. The van der Waals surface area contributed by atoms with Gasteiger partial charge in [0.2, 0.25) is 5.82 Å². The van der Waals surface area contributed by atoms with Gasteiger partial charge < -0.3 is 0 Å². The van der Waals surface area contributed by atoms with Crippen LogP contribution in [0.2, 0.25) is 0 Å². The molecule has 2 heteroatoms. The predicted octanol–water partition coefficient (Wildman–Crippen LogP) is 1.87. The third kappa shape index (κ3) is 3.16. The summed E-state index contributed by atoms with van der Waals surface area (Å²) in [6, 6.07) is 1.78. The van der Waals surface area contributed by atoms with Crippen LogP contribution < -0.4 is 0 Å². The first-order valence-electron chi connectivity index (χ1n) is 3.88. The third-order valence-electron chi connectivity index (χ3n) is 1.12. The van der Waals surface area contributed by atoms with E-state index in [0.717, 1.165) is 0 Å². The largest absolute Gasteiger partial charge is 0.229 e. The summed E-state index contributed by atoms with van der Waals surface area (Å²) in [7, 11) is 0. The van der Waals surface area contributed by atoms with Crippen molar-refractivity contribution in [2.75, 3.05) is 0 Å². The standard InChI is InChI=1S/C10H12N2/c1-10(2,3)6-5-9-11-7-4-8-12-9/h4,7-8H,1-3H3. The average Bonchev–Trinajstić information content (AvgIpc) is 2.02. The van der Waals surface area contributed by atoms with E-state index in [1.807, 2.05) is 0 Å². The first kappa shape index (κ1) is 8.73. The molecule has 0 N–H and O–H groups in total. The van der Waals surface area contributed by atoms with Gasteiger partial charge >= 0.3 is 0 Å². The van der Waals surface area contributed by atoms with Crippen LogP contribution in [-0.2, 0) is 0 Å². The molecule has 0 aliphatic heterocycles. The number of nitrogens with zero attached hydrogens (tertiary/aromatic N) is 2. The molecule has 2 nitrogen and oxygen atoms in total. The molecule has 0 radical (unpaired) electrons. The smallest absolute Gasteiger partial charge is 0.204 e. The Kier molecular flexibility index (Phi) is 2.44. The SMILES string of the molecule is CC(C)(C)C#Cc1ncccn1. The van der Waals surface area contributed by atoms with Crippen LogP contribution in [0.4, 0.5) is 0 Å². The molecule has 0 amide bonds. The van der Waals surface area contributed by atoms with E-state index >= 15 is 0 Å². The molecule has 0 aliphatic carbocycles. The van der Waals surface area contributed by atoms with Crippen molar-refractivity contribution in [3.8, 4) is 11.8 Å². The fourth-order valence-corrected chi connectivity index (χ4v) is 0.607. The Bertz CT molecular complexity index is 298. The molecule has 0 unspecified atom stereocenters. The van der Waals surface area contributed by atoms with Crippen molar-refractivity contribution in [1.82, 2.24) is 9.97 Å². The van der Waals surface area contributed by atoms with Gasteiger partial charge in [-0.2, -0.15) is 0 Å². The summed E-state index contributed by atoms with van der Waals surface area (Å²) >= 11 is 0. The maximum absolute atomic E-state index is 4.00. The molecule has 0 aliphatic rings. The molecule has 1 aromatic heterocycles. The minimum atomic E-state index is 0.0131. The Morgan fingerprint density at radius 2 is 1.75 bits per heavy atom. The van der Waals surface area contributed by atoms with Crippen molar-refractivity contribution in [2.45, 2.75) is 20.8 Å².